The zero-order chi connectivity index (χ0) is 16.7. The lowest BCUT2D eigenvalue weighted by Crippen LogP contribution is -2.48. The number of carbonyl (C=O) groups excluding carboxylic acids is 2. The van der Waals surface area contributed by atoms with Gasteiger partial charge in [-0.3, -0.25) is 14.5 Å². The van der Waals surface area contributed by atoms with Crippen LogP contribution in [0.5, 0.6) is 5.75 Å². The van der Waals surface area contributed by atoms with Crippen LogP contribution in [0.1, 0.15) is 20.3 Å². The van der Waals surface area contributed by atoms with Gasteiger partial charge in [-0.15, -0.1) is 0 Å². The number of carbonyl (C=O) groups is 2. The minimum Gasteiger partial charge on any atom is -0.494 e. The first kappa shape index (κ1) is 17.3. The predicted octanol–water partition coefficient (Wildman–Crippen LogP) is 1.58. The van der Waals surface area contributed by atoms with E-state index in [0.29, 0.717) is 19.6 Å². The van der Waals surface area contributed by atoms with Gasteiger partial charge in [-0.25, -0.2) is 0 Å². The quantitative estimate of drug-likeness (QED) is 0.865. The third-order valence-electron chi connectivity index (χ3n) is 3.92. The summed E-state index contributed by atoms with van der Waals surface area (Å²) in [4.78, 5) is 27.3. The molecule has 1 aromatic rings. The fourth-order valence-corrected chi connectivity index (χ4v) is 2.57. The molecule has 1 fully saturated rings. The SMILES string of the molecule is CCOc1ccc(NC(=O)CCN2CCN(C(C)=O)CC2)cc1. The summed E-state index contributed by atoms with van der Waals surface area (Å²) in [5.41, 5.74) is 0.778. The number of piperazine rings is 1. The average Bonchev–Trinajstić information content (AvgIpc) is 2.55. The van der Waals surface area contributed by atoms with Gasteiger partial charge in [0.2, 0.25) is 11.8 Å². The highest BCUT2D eigenvalue weighted by Crippen LogP contribution is 2.15. The maximum absolute atomic E-state index is 12.0. The largest absolute Gasteiger partial charge is 0.494 e. The van der Waals surface area contributed by atoms with Crippen molar-refractivity contribution >= 4 is 17.5 Å². The minimum absolute atomic E-state index is 0.00292. The zero-order valence-electron chi connectivity index (χ0n) is 13.9. The van der Waals surface area contributed by atoms with Crippen molar-refractivity contribution in [2.24, 2.45) is 0 Å². The Balaban J connectivity index is 1.70. The highest BCUT2D eigenvalue weighted by Gasteiger charge is 2.18. The Labute approximate surface area is 137 Å². The van der Waals surface area contributed by atoms with E-state index in [1.807, 2.05) is 36.1 Å². The monoisotopic (exact) mass is 319 g/mol. The van der Waals surface area contributed by atoms with Crippen LogP contribution in [0, 0.1) is 0 Å². The highest BCUT2D eigenvalue weighted by molar-refractivity contribution is 5.90. The molecule has 1 heterocycles. The van der Waals surface area contributed by atoms with Crippen LogP contribution in [0.3, 0.4) is 0 Å². The van der Waals surface area contributed by atoms with Crippen molar-refractivity contribution in [3.05, 3.63) is 24.3 Å². The number of nitrogens with one attached hydrogen (secondary N) is 1. The number of ether oxygens (including phenoxy) is 1. The first-order valence-corrected chi connectivity index (χ1v) is 8.09. The summed E-state index contributed by atoms with van der Waals surface area (Å²) in [7, 11) is 0. The van der Waals surface area contributed by atoms with Gasteiger partial charge in [-0.05, 0) is 31.2 Å². The first-order chi connectivity index (χ1) is 11.1. The normalized spacial score (nSPS) is 15.3. The highest BCUT2D eigenvalue weighted by atomic mass is 16.5. The van der Waals surface area contributed by atoms with E-state index in [1.165, 1.54) is 0 Å². The topological polar surface area (TPSA) is 61.9 Å². The van der Waals surface area contributed by atoms with Crippen molar-refractivity contribution in [3.8, 4) is 5.75 Å². The Bertz CT molecular complexity index is 522. The molecule has 1 aliphatic heterocycles. The molecule has 6 nitrogen and oxygen atoms in total. The van der Waals surface area contributed by atoms with Gasteiger partial charge in [0.15, 0.2) is 0 Å². The number of nitrogens with zero attached hydrogens (tertiary/aromatic N) is 2. The summed E-state index contributed by atoms with van der Waals surface area (Å²) in [6.45, 7) is 8.03. The number of hydrogen-bond acceptors (Lipinski definition) is 4. The van der Waals surface area contributed by atoms with Crippen LogP contribution in [0.2, 0.25) is 0 Å². The fraction of sp³-hybridized carbons (Fsp3) is 0.529. The molecule has 1 aliphatic rings. The molecule has 0 bridgehead atoms. The maximum Gasteiger partial charge on any atom is 0.225 e. The Hall–Kier alpha value is -2.08. The van der Waals surface area contributed by atoms with E-state index >= 15 is 0 Å². The molecule has 6 heteroatoms. The molecule has 126 valence electrons. The molecule has 0 aromatic heterocycles. The van der Waals surface area contributed by atoms with Crippen LogP contribution in [0.15, 0.2) is 24.3 Å². The average molecular weight is 319 g/mol. The molecule has 0 saturated carbocycles. The second-order valence-electron chi connectivity index (χ2n) is 5.60. The Morgan fingerprint density at radius 2 is 1.78 bits per heavy atom. The lowest BCUT2D eigenvalue weighted by molar-refractivity contribution is -0.130. The molecule has 1 saturated heterocycles. The molecule has 0 radical (unpaired) electrons. The van der Waals surface area contributed by atoms with Crippen LogP contribution in [-0.4, -0.2) is 60.9 Å². The summed E-state index contributed by atoms with van der Waals surface area (Å²) >= 11 is 0. The fourth-order valence-electron chi connectivity index (χ4n) is 2.57. The van der Waals surface area contributed by atoms with Crippen LogP contribution >= 0.6 is 0 Å². The van der Waals surface area contributed by atoms with Gasteiger partial charge >= 0.3 is 0 Å². The van der Waals surface area contributed by atoms with E-state index in [9.17, 15) is 9.59 Å². The van der Waals surface area contributed by atoms with Crippen molar-refractivity contribution in [2.45, 2.75) is 20.3 Å². The summed E-state index contributed by atoms with van der Waals surface area (Å²) in [5, 5.41) is 2.89. The molecule has 2 amide bonds. The number of anilines is 1. The molecule has 1 aromatic carbocycles. The summed E-state index contributed by atoms with van der Waals surface area (Å²) in [5.74, 6) is 0.926. The van der Waals surface area contributed by atoms with E-state index in [4.69, 9.17) is 4.74 Å². The Kier molecular flexibility index (Phi) is 6.40. The maximum atomic E-state index is 12.0. The second kappa shape index (κ2) is 8.53. The third-order valence-corrected chi connectivity index (χ3v) is 3.92. The van der Waals surface area contributed by atoms with Crippen LogP contribution in [-0.2, 0) is 9.59 Å². The van der Waals surface area contributed by atoms with Gasteiger partial charge in [0.25, 0.3) is 0 Å². The van der Waals surface area contributed by atoms with Gasteiger partial charge < -0.3 is 15.0 Å². The number of rotatable bonds is 6. The van der Waals surface area contributed by atoms with Crippen LogP contribution < -0.4 is 10.1 Å². The van der Waals surface area contributed by atoms with Crippen LogP contribution in [0.4, 0.5) is 5.69 Å². The second-order valence-corrected chi connectivity index (χ2v) is 5.60. The molecule has 0 unspecified atom stereocenters. The summed E-state index contributed by atoms with van der Waals surface area (Å²) < 4.78 is 5.37. The standard InChI is InChI=1S/C17H25N3O3/c1-3-23-16-6-4-15(5-7-16)18-17(22)8-9-19-10-12-20(13-11-19)14(2)21/h4-7H,3,8-13H2,1-2H3,(H,18,22). The lowest BCUT2D eigenvalue weighted by Gasteiger charge is -2.34. The third kappa shape index (κ3) is 5.56. The van der Waals surface area contributed by atoms with E-state index in [-0.39, 0.29) is 11.8 Å². The lowest BCUT2D eigenvalue weighted by atomic mass is 10.2. The summed E-state index contributed by atoms with van der Waals surface area (Å²) in [6.07, 6.45) is 0.452. The van der Waals surface area contributed by atoms with Gasteiger partial charge in [0.1, 0.15) is 5.75 Å². The smallest absolute Gasteiger partial charge is 0.225 e. The van der Waals surface area contributed by atoms with Crippen molar-refractivity contribution in [1.82, 2.24) is 9.80 Å². The Morgan fingerprint density at radius 1 is 1.13 bits per heavy atom. The Morgan fingerprint density at radius 3 is 2.35 bits per heavy atom. The van der Waals surface area contributed by atoms with Gasteiger partial charge in [0, 0.05) is 51.8 Å². The first-order valence-electron chi connectivity index (χ1n) is 8.09. The van der Waals surface area contributed by atoms with Gasteiger partial charge in [0.05, 0.1) is 6.61 Å². The number of amides is 2. The predicted molar refractivity (Wildman–Crippen MR) is 89.6 cm³/mol. The molecule has 0 spiro atoms. The molecule has 0 atom stereocenters. The van der Waals surface area contributed by atoms with E-state index < -0.39 is 0 Å². The number of benzene rings is 1. The molecule has 2 rings (SSSR count). The van der Waals surface area contributed by atoms with Crippen molar-refractivity contribution in [2.75, 3.05) is 44.6 Å². The molecular weight excluding hydrogens is 294 g/mol. The van der Waals surface area contributed by atoms with E-state index in [0.717, 1.165) is 37.6 Å². The molecule has 0 aliphatic carbocycles. The van der Waals surface area contributed by atoms with Gasteiger partial charge in [-0.1, -0.05) is 0 Å². The molecule has 1 N–H and O–H groups in total. The zero-order valence-corrected chi connectivity index (χ0v) is 13.9. The summed E-state index contributed by atoms with van der Waals surface area (Å²) in [6, 6.07) is 7.38. The van der Waals surface area contributed by atoms with Crippen molar-refractivity contribution in [3.63, 3.8) is 0 Å². The number of hydrogen-bond donors (Lipinski definition) is 1. The minimum atomic E-state index is 0.00292. The molecular formula is C17H25N3O3. The van der Waals surface area contributed by atoms with Gasteiger partial charge in [-0.2, -0.15) is 0 Å². The molecule has 23 heavy (non-hydrogen) atoms. The van der Waals surface area contributed by atoms with Crippen LogP contribution in [0.25, 0.3) is 0 Å². The van der Waals surface area contributed by atoms with E-state index in [1.54, 1.807) is 6.92 Å². The van der Waals surface area contributed by atoms with Crippen molar-refractivity contribution < 1.29 is 14.3 Å². The van der Waals surface area contributed by atoms with E-state index in [2.05, 4.69) is 10.2 Å². The van der Waals surface area contributed by atoms with Crippen molar-refractivity contribution in [1.29, 1.82) is 0 Å².